The predicted octanol–water partition coefficient (Wildman–Crippen LogP) is 2.56. The number of carbonyl (C=O) groups is 1. The van der Waals surface area contributed by atoms with Crippen LogP contribution in [0.5, 0.6) is 0 Å². The van der Waals surface area contributed by atoms with Crippen molar-refractivity contribution < 1.29 is 14.6 Å². The van der Waals surface area contributed by atoms with E-state index in [1.807, 2.05) is 20.8 Å². The molecule has 0 radical (unpaired) electrons. The zero-order valence-corrected chi connectivity index (χ0v) is 11.4. The molecule has 3 nitrogen and oxygen atoms in total. The second-order valence-electron chi connectivity index (χ2n) is 4.79. The summed E-state index contributed by atoms with van der Waals surface area (Å²) in [5.41, 5.74) is 2.22. The minimum Gasteiger partial charge on any atom is -0.818 e. The molecule has 0 saturated carbocycles. The number of carbonyl (C=O) groups excluding carboxylic acids is 1. The quantitative estimate of drug-likeness (QED) is 0.406. The smallest absolute Gasteiger partial charge is 0.307 e. The molecular weight excluding hydrogens is 216 g/mol. The summed E-state index contributed by atoms with van der Waals surface area (Å²) in [5, 5.41) is 11.4. The third-order valence-electron chi connectivity index (χ3n) is 2.22. The number of esters is 1. The Morgan fingerprint density at radius 1 is 1.29 bits per heavy atom. The van der Waals surface area contributed by atoms with E-state index in [0.29, 0.717) is 0 Å². The first-order chi connectivity index (χ1) is 7.82. The van der Waals surface area contributed by atoms with Gasteiger partial charge in [-0.2, -0.15) is 0 Å². The van der Waals surface area contributed by atoms with Crippen molar-refractivity contribution in [2.24, 2.45) is 5.92 Å². The highest BCUT2D eigenvalue weighted by Crippen LogP contribution is 2.08. The van der Waals surface area contributed by atoms with E-state index in [9.17, 15) is 9.90 Å². The van der Waals surface area contributed by atoms with Crippen molar-refractivity contribution in [1.29, 1.82) is 0 Å². The molecular formula is C14H23O3-. The summed E-state index contributed by atoms with van der Waals surface area (Å²) < 4.78 is 4.72. The third-order valence-corrected chi connectivity index (χ3v) is 2.22. The van der Waals surface area contributed by atoms with Gasteiger partial charge in [0.25, 0.3) is 0 Å². The second kappa shape index (κ2) is 8.07. The van der Waals surface area contributed by atoms with Crippen LogP contribution in [-0.4, -0.2) is 12.3 Å². The second-order valence-corrected chi connectivity index (χ2v) is 4.79. The monoisotopic (exact) mass is 239 g/mol. The van der Waals surface area contributed by atoms with Gasteiger partial charge >= 0.3 is 5.97 Å². The Hall–Kier alpha value is -1.09. The van der Waals surface area contributed by atoms with Crippen LogP contribution >= 0.6 is 0 Å². The molecule has 1 unspecified atom stereocenters. The fourth-order valence-corrected chi connectivity index (χ4v) is 1.19. The van der Waals surface area contributed by atoms with Crippen molar-refractivity contribution in [1.82, 2.24) is 0 Å². The highest BCUT2D eigenvalue weighted by atomic mass is 16.6. The van der Waals surface area contributed by atoms with Crippen molar-refractivity contribution in [3.05, 3.63) is 23.3 Å². The van der Waals surface area contributed by atoms with Gasteiger partial charge in [-0.15, -0.1) is 0 Å². The molecule has 0 aliphatic heterocycles. The van der Waals surface area contributed by atoms with Crippen LogP contribution in [0.2, 0.25) is 0 Å². The van der Waals surface area contributed by atoms with Gasteiger partial charge < -0.3 is 9.84 Å². The Bertz CT molecular complexity index is 297. The molecule has 0 aromatic heterocycles. The molecule has 0 heterocycles. The summed E-state index contributed by atoms with van der Waals surface area (Å²) >= 11 is 0. The zero-order chi connectivity index (χ0) is 13.4. The Kier molecular flexibility index (Phi) is 7.55. The SMILES string of the molecule is CC(C)=CCC/C(C)=C/C([O-])OC(=O)C(C)C. The van der Waals surface area contributed by atoms with Crippen molar-refractivity contribution in [3.8, 4) is 0 Å². The third kappa shape index (κ3) is 8.69. The van der Waals surface area contributed by atoms with Gasteiger partial charge in [-0.3, -0.25) is 4.79 Å². The Morgan fingerprint density at radius 2 is 1.88 bits per heavy atom. The average Bonchev–Trinajstić information content (AvgIpc) is 2.16. The molecule has 0 spiro atoms. The van der Waals surface area contributed by atoms with Crippen molar-refractivity contribution in [3.63, 3.8) is 0 Å². The van der Waals surface area contributed by atoms with Crippen LogP contribution in [0.3, 0.4) is 0 Å². The van der Waals surface area contributed by atoms with E-state index >= 15 is 0 Å². The maximum atomic E-state index is 11.4. The van der Waals surface area contributed by atoms with Gasteiger partial charge in [-0.1, -0.05) is 37.1 Å². The predicted molar refractivity (Wildman–Crippen MR) is 67.1 cm³/mol. The van der Waals surface area contributed by atoms with E-state index < -0.39 is 12.3 Å². The molecule has 0 aliphatic carbocycles. The Labute approximate surface area is 104 Å². The van der Waals surface area contributed by atoms with Gasteiger partial charge in [-0.05, 0) is 33.6 Å². The number of rotatable bonds is 6. The molecule has 0 rings (SSSR count). The van der Waals surface area contributed by atoms with Crippen LogP contribution in [0.4, 0.5) is 0 Å². The Morgan fingerprint density at radius 3 is 2.35 bits per heavy atom. The highest BCUT2D eigenvalue weighted by molar-refractivity contribution is 5.71. The number of allylic oxidation sites excluding steroid dienone is 3. The molecule has 0 bridgehead atoms. The summed E-state index contributed by atoms with van der Waals surface area (Å²) in [4.78, 5) is 11.2. The molecule has 0 fully saturated rings. The van der Waals surface area contributed by atoms with Crippen molar-refractivity contribution in [2.75, 3.05) is 0 Å². The summed E-state index contributed by atoms with van der Waals surface area (Å²) in [7, 11) is 0. The van der Waals surface area contributed by atoms with Crippen LogP contribution in [-0.2, 0) is 9.53 Å². The summed E-state index contributed by atoms with van der Waals surface area (Å²) in [6.07, 6.45) is 3.95. The normalized spacial score (nSPS) is 13.5. The van der Waals surface area contributed by atoms with Crippen LogP contribution < -0.4 is 5.11 Å². The van der Waals surface area contributed by atoms with Gasteiger partial charge in [0.2, 0.25) is 0 Å². The number of hydrogen-bond donors (Lipinski definition) is 0. The molecule has 0 N–H and O–H groups in total. The molecule has 0 aromatic carbocycles. The van der Waals surface area contributed by atoms with Crippen LogP contribution in [0, 0.1) is 5.92 Å². The van der Waals surface area contributed by atoms with Gasteiger partial charge in [0.15, 0.2) is 0 Å². The standard InChI is InChI=1S/C14H23O3/c1-10(2)7-6-8-12(5)9-13(15)17-14(16)11(3)4/h7,9,11,13H,6,8H2,1-5H3/q-1/b12-9+. The van der Waals surface area contributed by atoms with E-state index in [0.717, 1.165) is 18.4 Å². The fraction of sp³-hybridized carbons (Fsp3) is 0.643. The van der Waals surface area contributed by atoms with E-state index in [1.165, 1.54) is 11.6 Å². The molecule has 98 valence electrons. The summed E-state index contributed by atoms with van der Waals surface area (Å²) in [6, 6.07) is 0. The van der Waals surface area contributed by atoms with Crippen molar-refractivity contribution in [2.45, 2.75) is 53.8 Å². The molecule has 0 amide bonds. The first-order valence-corrected chi connectivity index (χ1v) is 6.00. The average molecular weight is 239 g/mol. The Balaban J connectivity index is 4.10. The largest absolute Gasteiger partial charge is 0.818 e. The lowest BCUT2D eigenvalue weighted by molar-refractivity contribution is -0.462. The van der Waals surface area contributed by atoms with Gasteiger partial charge in [0, 0.05) is 6.29 Å². The lowest BCUT2D eigenvalue weighted by Gasteiger charge is -2.21. The number of ether oxygens (including phenoxy) is 1. The van der Waals surface area contributed by atoms with E-state index in [4.69, 9.17) is 4.74 Å². The zero-order valence-electron chi connectivity index (χ0n) is 11.4. The topological polar surface area (TPSA) is 49.4 Å². The van der Waals surface area contributed by atoms with Crippen LogP contribution in [0.15, 0.2) is 23.3 Å². The molecule has 0 aromatic rings. The van der Waals surface area contributed by atoms with Gasteiger partial charge in [0.1, 0.15) is 0 Å². The maximum Gasteiger partial charge on any atom is 0.307 e. The minimum absolute atomic E-state index is 0.258. The van der Waals surface area contributed by atoms with E-state index in [1.54, 1.807) is 13.8 Å². The van der Waals surface area contributed by atoms with Gasteiger partial charge in [-0.25, -0.2) is 0 Å². The lowest BCUT2D eigenvalue weighted by atomic mass is 10.1. The molecule has 3 heteroatoms. The van der Waals surface area contributed by atoms with Crippen molar-refractivity contribution >= 4 is 5.97 Å². The molecule has 1 atom stereocenters. The summed E-state index contributed by atoms with van der Waals surface area (Å²) in [6.45, 7) is 9.38. The van der Waals surface area contributed by atoms with E-state index in [2.05, 4.69) is 6.08 Å². The lowest BCUT2D eigenvalue weighted by Crippen LogP contribution is -2.31. The first-order valence-electron chi connectivity index (χ1n) is 6.00. The summed E-state index contributed by atoms with van der Waals surface area (Å²) in [5.74, 6) is -0.704. The van der Waals surface area contributed by atoms with E-state index in [-0.39, 0.29) is 5.92 Å². The van der Waals surface area contributed by atoms with Crippen LogP contribution in [0.1, 0.15) is 47.5 Å². The fourth-order valence-electron chi connectivity index (χ4n) is 1.19. The number of hydrogen-bond acceptors (Lipinski definition) is 3. The van der Waals surface area contributed by atoms with Gasteiger partial charge in [0.05, 0.1) is 5.92 Å². The molecule has 0 saturated heterocycles. The highest BCUT2D eigenvalue weighted by Gasteiger charge is 2.08. The molecule has 17 heavy (non-hydrogen) atoms. The molecule has 0 aliphatic rings. The first kappa shape index (κ1) is 15.9. The maximum absolute atomic E-state index is 11.4. The van der Waals surface area contributed by atoms with Crippen LogP contribution in [0.25, 0.3) is 0 Å². The minimum atomic E-state index is -1.38.